The molecule has 0 bridgehead atoms. The number of carbonyl (C=O) groups is 1. The highest BCUT2D eigenvalue weighted by Crippen LogP contribution is 2.25. The summed E-state index contributed by atoms with van der Waals surface area (Å²) < 4.78 is 1.71. The molecule has 1 amide bonds. The van der Waals surface area contributed by atoms with Gasteiger partial charge in [0.1, 0.15) is 0 Å². The Balaban J connectivity index is 1.64. The maximum atomic E-state index is 13.2. The molecule has 8 nitrogen and oxygen atoms in total. The second-order valence-corrected chi connectivity index (χ2v) is 9.19. The molecule has 0 fully saturated rings. The normalized spacial score (nSPS) is 10.9. The van der Waals surface area contributed by atoms with Crippen LogP contribution < -0.4 is 10.2 Å². The Kier molecular flexibility index (Phi) is 6.93. The largest absolute Gasteiger partial charge is 0.378 e. The zero-order chi connectivity index (χ0) is 24.2. The van der Waals surface area contributed by atoms with Gasteiger partial charge in [-0.2, -0.15) is 0 Å². The highest BCUT2D eigenvalue weighted by molar-refractivity contribution is 7.98. The third-order valence-electron chi connectivity index (χ3n) is 5.20. The van der Waals surface area contributed by atoms with Crippen LogP contribution in [-0.4, -0.2) is 45.0 Å². The summed E-state index contributed by atoms with van der Waals surface area (Å²) >= 11 is 1.45. The van der Waals surface area contributed by atoms with Crippen molar-refractivity contribution < 1.29 is 4.79 Å². The number of nitrogens with zero attached hydrogens (tertiary/aromatic N) is 6. The molecular formula is C25H27N7OS. The SMILES string of the molecule is Cc1ccc(-n2nnc(C(=O)Nc3ccc(N(C)C)cc3)c2CSc2nc(C)cc(C)n2)cc1. The molecule has 2 aromatic heterocycles. The predicted molar refractivity (Wildman–Crippen MR) is 136 cm³/mol. The van der Waals surface area contributed by atoms with E-state index in [1.54, 1.807) is 4.68 Å². The molecule has 9 heteroatoms. The number of benzene rings is 2. The summed E-state index contributed by atoms with van der Waals surface area (Å²) in [5.74, 6) is 0.124. The van der Waals surface area contributed by atoms with E-state index in [1.165, 1.54) is 11.8 Å². The fourth-order valence-corrected chi connectivity index (χ4v) is 4.37. The molecule has 4 aromatic rings. The van der Waals surface area contributed by atoms with Crippen LogP contribution >= 0.6 is 11.8 Å². The van der Waals surface area contributed by atoms with Crippen LogP contribution in [0.4, 0.5) is 11.4 Å². The first-order valence-electron chi connectivity index (χ1n) is 10.9. The van der Waals surface area contributed by atoms with Crippen molar-refractivity contribution in [3.8, 4) is 5.69 Å². The highest BCUT2D eigenvalue weighted by atomic mass is 32.2. The Hall–Kier alpha value is -3.72. The van der Waals surface area contributed by atoms with Crippen LogP contribution in [0.1, 0.15) is 33.1 Å². The highest BCUT2D eigenvalue weighted by Gasteiger charge is 2.22. The van der Waals surface area contributed by atoms with Crippen molar-refractivity contribution in [3.63, 3.8) is 0 Å². The summed E-state index contributed by atoms with van der Waals surface area (Å²) in [6, 6.07) is 17.5. The van der Waals surface area contributed by atoms with Crippen LogP contribution in [0.5, 0.6) is 0 Å². The molecular weight excluding hydrogens is 446 g/mol. The van der Waals surface area contributed by atoms with Gasteiger partial charge in [0, 0.05) is 42.6 Å². The second kappa shape index (κ2) is 10.0. The molecule has 0 radical (unpaired) electrons. The number of carbonyl (C=O) groups excluding carboxylic acids is 1. The summed E-state index contributed by atoms with van der Waals surface area (Å²) in [6.07, 6.45) is 0. The molecule has 1 N–H and O–H groups in total. The summed E-state index contributed by atoms with van der Waals surface area (Å²) in [5, 5.41) is 12.1. The van der Waals surface area contributed by atoms with Crippen LogP contribution in [0.25, 0.3) is 5.69 Å². The molecule has 0 aliphatic rings. The zero-order valence-electron chi connectivity index (χ0n) is 19.9. The lowest BCUT2D eigenvalue weighted by Crippen LogP contribution is -2.15. The Bertz CT molecular complexity index is 1280. The van der Waals surface area contributed by atoms with Crippen LogP contribution in [0.3, 0.4) is 0 Å². The van der Waals surface area contributed by atoms with Crippen LogP contribution in [0.15, 0.2) is 59.8 Å². The number of anilines is 2. The number of hydrogen-bond acceptors (Lipinski definition) is 7. The minimum atomic E-state index is -0.312. The van der Waals surface area contributed by atoms with Crippen molar-refractivity contribution in [2.24, 2.45) is 0 Å². The molecule has 0 atom stereocenters. The molecule has 2 aromatic carbocycles. The summed E-state index contributed by atoms with van der Waals surface area (Å²) in [4.78, 5) is 24.2. The van der Waals surface area contributed by atoms with Gasteiger partial charge in [-0.25, -0.2) is 14.6 Å². The van der Waals surface area contributed by atoms with E-state index in [-0.39, 0.29) is 11.6 Å². The maximum absolute atomic E-state index is 13.2. The Morgan fingerprint density at radius 1 is 0.971 bits per heavy atom. The van der Waals surface area contributed by atoms with E-state index < -0.39 is 0 Å². The van der Waals surface area contributed by atoms with Crippen molar-refractivity contribution in [1.29, 1.82) is 0 Å². The van der Waals surface area contributed by atoms with E-state index in [2.05, 4.69) is 25.6 Å². The van der Waals surface area contributed by atoms with E-state index >= 15 is 0 Å². The summed E-state index contributed by atoms with van der Waals surface area (Å²) in [6.45, 7) is 5.91. The number of thioether (sulfide) groups is 1. The molecule has 2 heterocycles. The van der Waals surface area contributed by atoms with E-state index in [9.17, 15) is 4.79 Å². The fourth-order valence-electron chi connectivity index (χ4n) is 3.43. The van der Waals surface area contributed by atoms with Crippen molar-refractivity contribution >= 4 is 29.0 Å². The average Bonchev–Trinajstić information content (AvgIpc) is 3.22. The number of rotatable bonds is 7. The monoisotopic (exact) mass is 473 g/mol. The van der Waals surface area contributed by atoms with Gasteiger partial charge in [-0.15, -0.1) is 5.10 Å². The minimum Gasteiger partial charge on any atom is -0.378 e. The number of aryl methyl sites for hydroxylation is 3. The quantitative estimate of drug-likeness (QED) is 0.310. The van der Waals surface area contributed by atoms with Crippen molar-refractivity contribution in [3.05, 3.63) is 82.9 Å². The Morgan fingerprint density at radius 2 is 1.62 bits per heavy atom. The lowest BCUT2D eigenvalue weighted by Gasteiger charge is -2.13. The first kappa shape index (κ1) is 23.4. The molecule has 0 unspecified atom stereocenters. The van der Waals surface area contributed by atoms with Gasteiger partial charge in [-0.05, 0) is 63.2 Å². The number of aromatic nitrogens is 5. The van der Waals surface area contributed by atoms with Crippen molar-refractivity contribution in [1.82, 2.24) is 25.0 Å². The van der Waals surface area contributed by atoms with Gasteiger partial charge in [0.05, 0.1) is 11.4 Å². The Morgan fingerprint density at radius 3 is 2.24 bits per heavy atom. The van der Waals surface area contributed by atoms with Gasteiger partial charge in [-0.3, -0.25) is 4.79 Å². The fraction of sp³-hybridized carbons (Fsp3) is 0.240. The molecule has 0 saturated carbocycles. The molecule has 0 spiro atoms. The predicted octanol–water partition coefficient (Wildman–Crippen LogP) is 4.59. The van der Waals surface area contributed by atoms with E-state index in [0.717, 1.165) is 28.3 Å². The molecule has 0 aliphatic heterocycles. The first-order valence-corrected chi connectivity index (χ1v) is 11.8. The third-order valence-corrected chi connectivity index (χ3v) is 6.06. The summed E-state index contributed by atoms with van der Waals surface area (Å²) in [7, 11) is 3.95. The molecule has 174 valence electrons. The van der Waals surface area contributed by atoms with E-state index in [4.69, 9.17) is 0 Å². The topological polar surface area (TPSA) is 88.8 Å². The molecule has 0 aliphatic carbocycles. The lowest BCUT2D eigenvalue weighted by molar-refractivity contribution is 0.102. The van der Waals surface area contributed by atoms with Crippen molar-refractivity contribution in [2.45, 2.75) is 31.7 Å². The number of hydrogen-bond donors (Lipinski definition) is 1. The van der Waals surface area contributed by atoms with Gasteiger partial charge < -0.3 is 10.2 Å². The van der Waals surface area contributed by atoms with Gasteiger partial charge in [-0.1, -0.05) is 34.7 Å². The van der Waals surface area contributed by atoms with E-state index in [1.807, 2.05) is 94.4 Å². The zero-order valence-corrected chi connectivity index (χ0v) is 20.7. The third kappa shape index (κ3) is 5.43. The van der Waals surface area contributed by atoms with Gasteiger partial charge in [0.15, 0.2) is 10.9 Å². The number of amides is 1. The molecule has 4 rings (SSSR count). The standard InChI is InChI=1S/C25H27N7OS/c1-16-6-10-21(11-7-16)32-22(15-34-25-26-17(2)14-18(3)27-25)23(29-30-32)24(33)28-19-8-12-20(13-9-19)31(4)5/h6-14H,15H2,1-5H3,(H,28,33). The van der Waals surface area contributed by atoms with Crippen LogP contribution in [0.2, 0.25) is 0 Å². The second-order valence-electron chi connectivity index (χ2n) is 8.25. The van der Waals surface area contributed by atoms with Crippen LogP contribution in [-0.2, 0) is 5.75 Å². The average molecular weight is 474 g/mol. The molecule has 0 saturated heterocycles. The minimum absolute atomic E-state index is 0.272. The lowest BCUT2D eigenvalue weighted by atomic mass is 10.2. The van der Waals surface area contributed by atoms with Gasteiger partial charge in [0.2, 0.25) is 0 Å². The molecule has 34 heavy (non-hydrogen) atoms. The Labute approximate surface area is 203 Å². The van der Waals surface area contributed by atoms with E-state index in [0.29, 0.717) is 22.3 Å². The van der Waals surface area contributed by atoms with Crippen LogP contribution in [0, 0.1) is 20.8 Å². The van der Waals surface area contributed by atoms with Gasteiger partial charge >= 0.3 is 0 Å². The maximum Gasteiger partial charge on any atom is 0.278 e. The first-order chi connectivity index (χ1) is 16.3. The van der Waals surface area contributed by atoms with Crippen molar-refractivity contribution in [2.75, 3.05) is 24.3 Å². The summed E-state index contributed by atoms with van der Waals surface area (Å²) in [5.41, 5.74) is 6.48. The number of nitrogens with one attached hydrogen (secondary N) is 1. The van der Waals surface area contributed by atoms with Gasteiger partial charge in [0.25, 0.3) is 5.91 Å². The smallest absolute Gasteiger partial charge is 0.278 e.